The Kier molecular flexibility index (Phi) is 3.76. The Bertz CT molecular complexity index is 484. The molecule has 1 saturated heterocycles. The lowest BCUT2D eigenvalue weighted by Gasteiger charge is -2.20. The highest BCUT2D eigenvalue weighted by Crippen LogP contribution is 2.25. The second-order valence-electron chi connectivity index (χ2n) is 4.38. The van der Waals surface area contributed by atoms with Gasteiger partial charge in [-0.15, -0.1) is 11.6 Å². The highest BCUT2D eigenvalue weighted by atomic mass is 35.5. The first-order valence-electron chi connectivity index (χ1n) is 5.72. The third-order valence-corrected chi connectivity index (χ3v) is 5.51. The van der Waals surface area contributed by atoms with E-state index in [0.717, 1.165) is 18.4 Å². The Balaban J connectivity index is 2.31. The minimum atomic E-state index is -3.32. The van der Waals surface area contributed by atoms with Crippen molar-refractivity contribution in [1.29, 1.82) is 0 Å². The zero-order valence-corrected chi connectivity index (χ0v) is 11.3. The molecule has 0 amide bonds. The van der Waals surface area contributed by atoms with Gasteiger partial charge in [-0.2, -0.15) is 4.31 Å². The lowest BCUT2D eigenvalue weighted by atomic mass is 10.2. The van der Waals surface area contributed by atoms with Crippen LogP contribution in [0, 0.1) is 0 Å². The van der Waals surface area contributed by atoms with Crippen molar-refractivity contribution in [2.75, 3.05) is 6.54 Å². The van der Waals surface area contributed by atoms with Gasteiger partial charge in [0.1, 0.15) is 0 Å². The van der Waals surface area contributed by atoms with Crippen molar-refractivity contribution in [3.8, 4) is 0 Å². The van der Waals surface area contributed by atoms with Crippen LogP contribution in [0.1, 0.15) is 25.3 Å². The molecule has 5 heteroatoms. The Hall–Kier alpha value is -0.580. The molecule has 17 heavy (non-hydrogen) atoms. The fraction of sp³-hybridized carbons (Fsp3) is 0.500. The van der Waals surface area contributed by atoms with E-state index in [2.05, 4.69) is 0 Å². The smallest absolute Gasteiger partial charge is 0.207 e. The van der Waals surface area contributed by atoms with Gasteiger partial charge in [-0.25, -0.2) is 8.42 Å². The van der Waals surface area contributed by atoms with E-state index in [4.69, 9.17) is 11.6 Å². The van der Waals surface area contributed by atoms with Gasteiger partial charge in [0.15, 0.2) is 0 Å². The maximum atomic E-state index is 12.3. The Labute approximate surface area is 107 Å². The van der Waals surface area contributed by atoms with Crippen LogP contribution in [0.4, 0.5) is 0 Å². The molecule has 0 aliphatic carbocycles. The van der Waals surface area contributed by atoms with Crippen molar-refractivity contribution in [2.45, 2.75) is 36.6 Å². The summed E-state index contributed by atoms with van der Waals surface area (Å²) in [7, 11) is -3.32. The average Bonchev–Trinajstić information content (AvgIpc) is 2.76. The monoisotopic (exact) mass is 273 g/mol. The molecule has 1 atom stereocenters. The van der Waals surface area contributed by atoms with Gasteiger partial charge in [-0.3, -0.25) is 0 Å². The lowest BCUT2D eigenvalue weighted by Crippen LogP contribution is -2.33. The molecule has 0 bridgehead atoms. The van der Waals surface area contributed by atoms with Crippen LogP contribution in [0.3, 0.4) is 0 Å². The summed E-state index contributed by atoms with van der Waals surface area (Å²) < 4.78 is 26.3. The molecule has 0 saturated carbocycles. The predicted octanol–water partition coefficient (Wildman–Crippen LogP) is 2.60. The normalized spacial score (nSPS) is 21.9. The molecule has 0 N–H and O–H groups in total. The van der Waals surface area contributed by atoms with E-state index in [0.29, 0.717) is 17.3 Å². The van der Waals surface area contributed by atoms with E-state index in [9.17, 15) is 8.42 Å². The van der Waals surface area contributed by atoms with Gasteiger partial charge in [0.25, 0.3) is 0 Å². The van der Waals surface area contributed by atoms with E-state index in [1.54, 1.807) is 28.6 Å². The predicted molar refractivity (Wildman–Crippen MR) is 68.6 cm³/mol. The summed E-state index contributed by atoms with van der Waals surface area (Å²) in [6, 6.07) is 6.91. The van der Waals surface area contributed by atoms with Crippen molar-refractivity contribution < 1.29 is 8.42 Å². The van der Waals surface area contributed by atoms with Crippen LogP contribution < -0.4 is 0 Å². The Morgan fingerprint density at radius 1 is 1.35 bits per heavy atom. The molecular formula is C12H16ClNO2S. The number of alkyl halides is 1. The third kappa shape index (κ3) is 2.49. The first kappa shape index (κ1) is 12.9. The van der Waals surface area contributed by atoms with Crippen LogP contribution in [0.5, 0.6) is 0 Å². The quantitative estimate of drug-likeness (QED) is 0.794. The molecule has 0 spiro atoms. The van der Waals surface area contributed by atoms with Crippen LogP contribution in [0.2, 0.25) is 0 Å². The number of rotatable bonds is 3. The molecule has 2 rings (SSSR count). The summed E-state index contributed by atoms with van der Waals surface area (Å²) in [6.07, 6.45) is 1.89. The van der Waals surface area contributed by atoms with Gasteiger partial charge in [0.05, 0.1) is 4.90 Å². The SMILES string of the molecule is CC1CCCN1S(=O)(=O)c1ccc(CCl)cc1. The summed E-state index contributed by atoms with van der Waals surface area (Å²) in [4.78, 5) is 0.361. The number of benzene rings is 1. The molecule has 3 nitrogen and oxygen atoms in total. The summed E-state index contributed by atoms with van der Waals surface area (Å²) in [5.41, 5.74) is 0.931. The molecule has 1 unspecified atom stereocenters. The minimum Gasteiger partial charge on any atom is -0.207 e. The minimum absolute atomic E-state index is 0.104. The molecule has 94 valence electrons. The summed E-state index contributed by atoms with van der Waals surface area (Å²) >= 11 is 5.68. The molecule has 1 aromatic rings. The maximum Gasteiger partial charge on any atom is 0.243 e. The zero-order chi connectivity index (χ0) is 12.5. The summed E-state index contributed by atoms with van der Waals surface area (Å²) in [6.45, 7) is 2.58. The fourth-order valence-electron chi connectivity index (χ4n) is 2.15. The molecule has 1 aliphatic rings. The van der Waals surface area contributed by atoms with Crippen LogP contribution in [0.25, 0.3) is 0 Å². The standard InChI is InChI=1S/C12H16ClNO2S/c1-10-3-2-8-14(10)17(15,16)12-6-4-11(9-13)5-7-12/h4-7,10H,2-3,8-9H2,1H3. The molecule has 0 radical (unpaired) electrons. The maximum absolute atomic E-state index is 12.3. The number of nitrogens with zero attached hydrogens (tertiary/aromatic N) is 1. The second-order valence-corrected chi connectivity index (χ2v) is 6.54. The number of sulfonamides is 1. The molecular weight excluding hydrogens is 258 g/mol. The van der Waals surface area contributed by atoms with Crippen LogP contribution in [-0.4, -0.2) is 25.3 Å². The fourth-order valence-corrected chi connectivity index (χ4v) is 4.03. The lowest BCUT2D eigenvalue weighted by molar-refractivity contribution is 0.408. The first-order valence-corrected chi connectivity index (χ1v) is 7.70. The zero-order valence-electron chi connectivity index (χ0n) is 9.77. The number of halogens is 1. The largest absolute Gasteiger partial charge is 0.243 e. The van der Waals surface area contributed by atoms with Crippen LogP contribution >= 0.6 is 11.6 Å². The van der Waals surface area contributed by atoms with Gasteiger partial charge >= 0.3 is 0 Å². The van der Waals surface area contributed by atoms with E-state index in [-0.39, 0.29) is 6.04 Å². The molecule has 1 aliphatic heterocycles. The van der Waals surface area contributed by atoms with Crippen molar-refractivity contribution in [2.24, 2.45) is 0 Å². The van der Waals surface area contributed by atoms with Gasteiger partial charge in [0.2, 0.25) is 10.0 Å². The number of hydrogen-bond acceptors (Lipinski definition) is 2. The molecule has 0 aromatic heterocycles. The van der Waals surface area contributed by atoms with Gasteiger partial charge < -0.3 is 0 Å². The van der Waals surface area contributed by atoms with E-state index >= 15 is 0 Å². The molecule has 1 heterocycles. The highest BCUT2D eigenvalue weighted by Gasteiger charge is 2.32. The molecule has 1 aromatic carbocycles. The topological polar surface area (TPSA) is 37.4 Å². The third-order valence-electron chi connectivity index (χ3n) is 3.18. The van der Waals surface area contributed by atoms with Gasteiger partial charge in [-0.1, -0.05) is 12.1 Å². The summed E-state index contributed by atoms with van der Waals surface area (Å²) in [5, 5.41) is 0. The average molecular weight is 274 g/mol. The van der Waals surface area contributed by atoms with Crippen molar-refractivity contribution in [1.82, 2.24) is 4.31 Å². The van der Waals surface area contributed by atoms with Gasteiger partial charge in [-0.05, 0) is 37.5 Å². The Morgan fingerprint density at radius 2 is 2.00 bits per heavy atom. The first-order chi connectivity index (χ1) is 8.05. The number of hydrogen-bond donors (Lipinski definition) is 0. The second kappa shape index (κ2) is 4.96. The highest BCUT2D eigenvalue weighted by molar-refractivity contribution is 7.89. The van der Waals surface area contributed by atoms with E-state index in [1.807, 2.05) is 6.92 Å². The van der Waals surface area contributed by atoms with E-state index in [1.165, 1.54) is 0 Å². The van der Waals surface area contributed by atoms with Crippen LogP contribution in [-0.2, 0) is 15.9 Å². The van der Waals surface area contributed by atoms with Crippen LogP contribution in [0.15, 0.2) is 29.2 Å². The van der Waals surface area contributed by atoms with Crippen molar-refractivity contribution >= 4 is 21.6 Å². The van der Waals surface area contributed by atoms with Crippen molar-refractivity contribution in [3.63, 3.8) is 0 Å². The van der Waals surface area contributed by atoms with E-state index < -0.39 is 10.0 Å². The Morgan fingerprint density at radius 3 is 2.47 bits per heavy atom. The summed E-state index contributed by atoms with van der Waals surface area (Å²) in [5.74, 6) is 0.403. The molecule has 1 fully saturated rings. The van der Waals surface area contributed by atoms with Gasteiger partial charge in [0, 0.05) is 18.5 Å². The van der Waals surface area contributed by atoms with Crippen molar-refractivity contribution in [3.05, 3.63) is 29.8 Å².